The zero-order valence-corrected chi connectivity index (χ0v) is 15.7. The molecule has 0 fully saturated rings. The van der Waals surface area contributed by atoms with E-state index in [0.717, 1.165) is 16.3 Å². The number of carbonyl (C=O) groups is 2. The van der Waals surface area contributed by atoms with Gasteiger partial charge in [-0.1, -0.05) is 41.9 Å². The number of nitrogens with one attached hydrogen (secondary N) is 1. The Morgan fingerprint density at radius 3 is 2.52 bits per heavy atom. The third kappa shape index (κ3) is 3.33. The number of carboxylic acids is 1. The fraction of sp³-hybridized carbons (Fsp3) is 0.211. The van der Waals surface area contributed by atoms with Crippen LogP contribution in [0.2, 0.25) is 0 Å². The van der Waals surface area contributed by atoms with Gasteiger partial charge in [0.1, 0.15) is 5.84 Å². The number of nitrogens with zero attached hydrogens (tertiary/aromatic N) is 2. The molecule has 1 atom stereocenters. The number of carboxylic acid groups (broad SMARTS) is 1. The number of aliphatic carboxylic acids is 1. The summed E-state index contributed by atoms with van der Waals surface area (Å²) in [5.41, 5.74) is 1.46. The van der Waals surface area contributed by atoms with E-state index in [1.807, 2.05) is 37.3 Å². The number of amides is 1. The average molecular weight is 388 g/mol. The summed E-state index contributed by atoms with van der Waals surface area (Å²) in [6, 6.07) is 9.82. The molecule has 1 aliphatic rings. The molecule has 0 spiro atoms. The van der Waals surface area contributed by atoms with Gasteiger partial charge in [0, 0.05) is 12.6 Å². The van der Waals surface area contributed by atoms with Gasteiger partial charge in [-0.25, -0.2) is 9.79 Å². The highest BCUT2D eigenvalue weighted by Gasteiger charge is 2.36. The number of aryl methyl sites for hydroxylation is 1. The molecule has 1 heterocycles. The van der Waals surface area contributed by atoms with E-state index in [2.05, 4.69) is 10.3 Å². The smallest absolute Gasteiger partial charge is 0.334 e. The molecule has 3 rings (SSSR count). The van der Waals surface area contributed by atoms with Crippen LogP contribution in [-0.2, 0) is 9.53 Å². The van der Waals surface area contributed by atoms with Crippen LogP contribution < -0.4 is 5.32 Å². The Hall–Kier alpha value is -3.06. The number of amidine groups is 1. The molecule has 0 saturated heterocycles. The first-order valence-corrected chi connectivity index (χ1v) is 8.50. The van der Waals surface area contributed by atoms with E-state index in [-0.39, 0.29) is 16.9 Å². The van der Waals surface area contributed by atoms with Crippen molar-refractivity contribution in [3.63, 3.8) is 0 Å². The van der Waals surface area contributed by atoms with Crippen molar-refractivity contribution in [2.75, 3.05) is 14.2 Å². The fourth-order valence-electron chi connectivity index (χ4n) is 3.10. The summed E-state index contributed by atoms with van der Waals surface area (Å²) in [5.74, 6) is -1.62. The summed E-state index contributed by atoms with van der Waals surface area (Å²) in [7, 11) is 2.87. The van der Waals surface area contributed by atoms with E-state index < -0.39 is 17.9 Å². The largest absolute Gasteiger partial charge is 0.480 e. The van der Waals surface area contributed by atoms with Crippen molar-refractivity contribution < 1.29 is 19.4 Å². The first-order chi connectivity index (χ1) is 12.8. The Bertz CT molecular complexity index is 1000. The predicted octanol–water partition coefficient (Wildman–Crippen LogP) is 2.69. The van der Waals surface area contributed by atoms with Crippen molar-refractivity contribution in [1.29, 1.82) is 0 Å². The zero-order chi connectivity index (χ0) is 19.7. The van der Waals surface area contributed by atoms with Crippen LogP contribution >= 0.6 is 11.6 Å². The molecule has 2 N–H and O–H groups in total. The van der Waals surface area contributed by atoms with Crippen molar-refractivity contribution >= 4 is 40.1 Å². The third-order valence-corrected chi connectivity index (χ3v) is 4.66. The van der Waals surface area contributed by atoms with Gasteiger partial charge in [0.25, 0.3) is 5.91 Å². The second-order valence-electron chi connectivity index (χ2n) is 6.08. The Balaban J connectivity index is 2.01. The second-order valence-corrected chi connectivity index (χ2v) is 6.44. The van der Waals surface area contributed by atoms with Gasteiger partial charge in [-0.2, -0.15) is 0 Å². The summed E-state index contributed by atoms with van der Waals surface area (Å²) in [6.07, 6.45) is 0. The molecule has 0 saturated carbocycles. The molecular weight excluding hydrogens is 370 g/mol. The normalized spacial score (nSPS) is 17.0. The van der Waals surface area contributed by atoms with Crippen molar-refractivity contribution in [3.05, 3.63) is 58.6 Å². The Kier molecular flexibility index (Phi) is 5.05. The van der Waals surface area contributed by atoms with E-state index in [1.54, 1.807) is 6.07 Å². The minimum Gasteiger partial charge on any atom is -0.480 e. The van der Waals surface area contributed by atoms with Crippen LogP contribution in [0.3, 0.4) is 0 Å². The highest BCUT2D eigenvalue weighted by atomic mass is 35.5. The molecular formula is C19H18ClN3O4. The number of likely N-dealkylation sites (N-methyl/N-ethyl adjacent to an activating group) is 1. The van der Waals surface area contributed by atoms with Gasteiger partial charge in [0.05, 0.1) is 7.11 Å². The molecule has 1 unspecified atom stereocenters. The molecule has 0 aromatic heterocycles. The minimum atomic E-state index is -1.23. The SMILES string of the molecule is COC1=C(Cl)N=C(NC(=O)c2ccc(C)c3ccccc23)C(C(=O)O)N1C. The van der Waals surface area contributed by atoms with Crippen LogP contribution in [0.4, 0.5) is 0 Å². The molecule has 0 bridgehead atoms. The zero-order valence-electron chi connectivity index (χ0n) is 15.0. The highest BCUT2D eigenvalue weighted by Crippen LogP contribution is 2.25. The van der Waals surface area contributed by atoms with E-state index in [1.165, 1.54) is 19.1 Å². The van der Waals surface area contributed by atoms with Gasteiger partial charge in [0.15, 0.2) is 11.2 Å². The number of rotatable bonds is 3. The number of hydrogen-bond acceptors (Lipinski definition) is 5. The van der Waals surface area contributed by atoms with Gasteiger partial charge in [-0.3, -0.25) is 4.79 Å². The number of methoxy groups -OCH3 is 1. The molecule has 0 aliphatic carbocycles. The molecule has 140 valence electrons. The second kappa shape index (κ2) is 7.28. The van der Waals surface area contributed by atoms with Crippen LogP contribution in [0.1, 0.15) is 15.9 Å². The van der Waals surface area contributed by atoms with Gasteiger partial charge in [0.2, 0.25) is 5.88 Å². The van der Waals surface area contributed by atoms with Gasteiger partial charge in [-0.05, 0) is 29.3 Å². The molecule has 2 aromatic carbocycles. The summed E-state index contributed by atoms with van der Waals surface area (Å²) >= 11 is 6.07. The maximum Gasteiger partial charge on any atom is 0.334 e. The number of benzene rings is 2. The van der Waals surface area contributed by atoms with Crippen molar-refractivity contribution in [2.45, 2.75) is 13.0 Å². The van der Waals surface area contributed by atoms with Crippen LogP contribution in [0.15, 0.2) is 52.4 Å². The lowest BCUT2D eigenvalue weighted by molar-refractivity contribution is -0.140. The maximum atomic E-state index is 12.9. The lowest BCUT2D eigenvalue weighted by atomic mass is 10.00. The fourth-order valence-corrected chi connectivity index (χ4v) is 3.40. The lowest BCUT2D eigenvalue weighted by Crippen LogP contribution is -2.53. The summed E-state index contributed by atoms with van der Waals surface area (Å²) in [5, 5.41) is 13.8. The van der Waals surface area contributed by atoms with Crippen LogP contribution in [0.25, 0.3) is 10.8 Å². The van der Waals surface area contributed by atoms with Crippen molar-refractivity contribution in [3.8, 4) is 0 Å². The van der Waals surface area contributed by atoms with E-state index in [0.29, 0.717) is 5.56 Å². The standard InChI is InChI=1S/C19H18ClN3O4/c1-10-8-9-13(12-7-5-4-6-11(10)12)17(24)22-16-14(19(25)26)23(2)18(27-3)15(20)21-16/h4-9,14H,1-3H3,(H,25,26)(H,21,22,24). The number of carbonyl (C=O) groups excluding carboxylic acids is 1. The quantitative estimate of drug-likeness (QED) is 0.790. The number of ether oxygens (including phenoxy) is 1. The van der Waals surface area contributed by atoms with E-state index in [4.69, 9.17) is 16.3 Å². The number of aliphatic imine (C=N–C) groups is 1. The summed E-state index contributed by atoms with van der Waals surface area (Å²) in [6.45, 7) is 1.96. The molecule has 7 nitrogen and oxygen atoms in total. The Morgan fingerprint density at radius 1 is 1.22 bits per heavy atom. The summed E-state index contributed by atoms with van der Waals surface area (Å²) < 4.78 is 5.10. The number of hydrogen-bond donors (Lipinski definition) is 2. The van der Waals surface area contributed by atoms with Crippen LogP contribution in [-0.4, -0.2) is 47.9 Å². The van der Waals surface area contributed by atoms with Crippen LogP contribution in [0.5, 0.6) is 0 Å². The van der Waals surface area contributed by atoms with Crippen molar-refractivity contribution in [1.82, 2.24) is 10.2 Å². The van der Waals surface area contributed by atoms with E-state index in [9.17, 15) is 14.7 Å². The topological polar surface area (TPSA) is 91.2 Å². The monoisotopic (exact) mass is 387 g/mol. The molecule has 1 amide bonds. The lowest BCUT2D eigenvalue weighted by Gasteiger charge is -2.31. The molecule has 1 aliphatic heterocycles. The van der Waals surface area contributed by atoms with Gasteiger partial charge < -0.3 is 20.1 Å². The summed E-state index contributed by atoms with van der Waals surface area (Å²) in [4.78, 5) is 29.9. The van der Waals surface area contributed by atoms with E-state index >= 15 is 0 Å². The minimum absolute atomic E-state index is 0.0402. The highest BCUT2D eigenvalue weighted by molar-refractivity contribution is 6.31. The molecule has 27 heavy (non-hydrogen) atoms. The van der Waals surface area contributed by atoms with Gasteiger partial charge >= 0.3 is 5.97 Å². The molecule has 0 radical (unpaired) electrons. The Labute approximate surface area is 160 Å². The first kappa shape index (κ1) is 18.7. The maximum absolute atomic E-state index is 12.9. The number of fused-ring (bicyclic) bond motifs is 1. The third-order valence-electron chi connectivity index (χ3n) is 4.42. The molecule has 2 aromatic rings. The Morgan fingerprint density at radius 2 is 1.89 bits per heavy atom. The molecule has 8 heteroatoms. The van der Waals surface area contributed by atoms with Crippen molar-refractivity contribution in [2.24, 2.45) is 4.99 Å². The average Bonchev–Trinajstić information content (AvgIpc) is 2.62. The first-order valence-electron chi connectivity index (χ1n) is 8.12. The van der Waals surface area contributed by atoms with Gasteiger partial charge in [-0.15, -0.1) is 0 Å². The number of halogens is 1. The predicted molar refractivity (Wildman–Crippen MR) is 103 cm³/mol. The van der Waals surface area contributed by atoms with Crippen LogP contribution in [0, 0.1) is 6.92 Å².